The van der Waals surface area contributed by atoms with Crippen molar-refractivity contribution < 1.29 is 22.7 Å². The lowest BCUT2D eigenvalue weighted by molar-refractivity contribution is -0.142. The Morgan fingerprint density at radius 2 is 1.59 bits per heavy atom. The van der Waals surface area contributed by atoms with Crippen molar-refractivity contribution in [1.82, 2.24) is 9.21 Å². The van der Waals surface area contributed by atoms with Gasteiger partial charge in [0.05, 0.1) is 18.1 Å². The van der Waals surface area contributed by atoms with Gasteiger partial charge in [0.25, 0.3) is 5.91 Å². The van der Waals surface area contributed by atoms with Crippen LogP contribution >= 0.6 is 0 Å². The monoisotopic (exact) mass is 487 g/mol. The normalized spacial score (nSPS) is 18.6. The predicted octanol–water partition coefficient (Wildman–Crippen LogP) is 2.44. The molecule has 34 heavy (non-hydrogen) atoms. The molecule has 2 aliphatic heterocycles. The number of carbonyl (C=O) groups excluding carboxylic acids is 1. The lowest BCUT2D eigenvalue weighted by Crippen LogP contribution is -2.48. The summed E-state index contributed by atoms with van der Waals surface area (Å²) in [5.74, 6) is 0.370. The third-order valence-corrected chi connectivity index (χ3v) is 8.51. The van der Waals surface area contributed by atoms with Crippen LogP contribution in [0.3, 0.4) is 0 Å². The number of morpholine rings is 1. The molecule has 0 aliphatic carbocycles. The number of rotatable bonds is 6. The summed E-state index contributed by atoms with van der Waals surface area (Å²) in [7, 11) is -3.60. The van der Waals surface area contributed by atoms with E-state index in [1.54, 1.807) is 36.1 Å². The van der Waals surface area contributed by atoms with Gasteiger partial charge in [-0.05, 0) is 62.2 Å². The minimum atomic E-state index is -3.60. The number of aryl methyl sites for hydroxylation is 1. The molecule has 9 heteroatoms. The highest BCUT2D eigenvalue weighted by Gasteiger charge is 2.29. The molecular weight excluding hydrogens is 454 g/mol. The van der Waals surface area contributed by atoms with Gasteiger partial charge in [-0.25, -0.2) is 8.42 Å². The first-order valence-corrected chi connectivity index (χ1v) is 13.2. The van der Waals surface area contributed by atoms with Gasteiger partial charge in [0.1, 0.15) is 5.75 Å². The van der Waals surface area contributed by atoms with E-state index in [9.17, 15) is 13.2 Å². The molecule has 0 aromatic heterocycles. The molecule has 0 unspecified atom stereocenters. The van der Waals surface area contributed by atoms with E-state index in [0.29, 0.717) is 58.2 Å². The maximum absolute atomic E-state index is 13.2. The van der Waals surface area contributed by atoms with Crippen LogP contribution < -0.4 is 9.64 Å². The standard InChI is InChI=1S/C25H33N3O5S/c1-19-5-4-6-24(20(19)2)26-11-13-28(14-12-26)34(30,31)23-9-7-22(8-10-23)33-21(3)25(29)27-15-17-32-18-16-27/h4-10,21H,11-18H2,1-3H3/t21-/m0/s1. The van der Waals surface area contributed by atoms with Crippen molar-refractivity contribution in [1.29, 1.82) is 0 Å². The topological polar surface area (TPSA) is 79.4 Å². The summed E-state index contributed by atoms with van der Waals surface area (Å²) in [5.41, 5.74) is 3.63. The summed E-state index contributed by atoms with van der Waals surface area (Å²) >= 11 is 0. The van der Waals surface area contributed by atoms with E-state index in [4.69, 9.17) is 9.47 Å². The summed E-state index contributed by atoms with van der Waals surface area (Å²) in [6, 6.07) is 12.5. The molecule has 2 aromatic carbocycles. The van der Waals surface area contributed by atoms with Crippen LogP contribution in [0.2, 0.25) is 0 Å². The Morgan fingerprint density at radius 3 is 2.24 bits per heavy atom. The molecule has 184 valence electrons. The van der Waals surface area contributed by atoms with Gasteiger partial charge >= 0.3 is 0 Å². The molecular formula is C25H33N3O5S. The van der Waals surface area contributed by atoms with E-state index >= 15 is 0 Å². The maximum Gasteiger partial charge on any atom is 0.263 e. The van der Waals surface area contributed by atoms with Crippen LogP contribution in [0.5, 0.6) is 5.75 Å². The van der Waals surface area contributed by atoms with Crippen LogP contribution in [0, 0.1) is 13.8 Å². The number of hydrogen-bond donors (Lipinski definition) is 0. The van der Waals surface area contributed by atoms with Gasteiger partial charge in [0, 0.05) is 45.0 Å². The summed E-state index contributed by atoms with van der Waals surface area (Å²) in [4.78, 5) is 16.7. The van der Waals surface area contributed by atoms with Crippen molar-refractivity contribution in [2.45, 2.75) is 31.8 Å². The average molecular weight is 488 g/mol. The fraction of sp³-hybridized carbons (Fsp3) is 0.480. The van der Waals surface area contributed by atoms with Gasteiger partial charge in [0.2, 0.25) is 10.0 Å². The SMILES string of the molecule is Cc1cccc(N2CCN(S(=O)(=O)c3ccc(O[C@@H](C)C(=O)N4CCOCC4)cc3)CC2)c1C. The smallest absolute Gasteiger partial charge is 0.263 e. The first-order valence-electron chi connectivity index (χ1n) is 11.7. The number of hydrogen-bond acceptors (Lipinski definition) is 6. The molecule has 0 radical (unpaired) electrons. The van der Waals surface area contributed by atoms with Crippen LogP contribution in [0.25, 0.3) is 0 Å². The van der Waals surface area contributed by atoms with Crippen LogP contribution in [0.15, 0.2) is 47.4 Å². The molecule has 0 saturated carbocycles. The van der Waals surface area contributed by atoms with E-state index in [1.165, 1.54) is 21.1 Å². The highest BCUT2D eigenvalue weighted by atomic mass is 32.2. The number of nitrogens with zero attached hydrogens (tertiary/aromatic N) is 3. The van der Waals surface area contributed by atoms with Crippen molar-refractivity contribution in [2.75, 3.05) is 57.4 Å². The zero-order valence-corrected chi connectivity index (χ0v) is 20.9. The van der Waals surface area contributed by atoms with Crippen molar-refractivity contribution in [2.24, 2.45) is 0 Å². The molecule has 0 N–H and O–H groups in total. The van der Waals surface area contributed by atoms with E-state index < -0.39 is 16.1 Å². The Balaban J connectivity index is 1.36. The number of benzene rings is 2. The molecule has 0 spiro atoms. The Hall–Kier alpha value is -2.62. The minimum Gasteiger partial charge on any atom is -0.481 e. The summed E-state index contributed by atoms with van der Waals surface area (Å²) < 4.78 is 39.0. The molecule has 2 saturated heterocycles. The van der Waals surface area contributed by atoms with Gasteiger partial charge in [-0.1, -0.05) is 12.1 Å². The second-order valence-corrected chi connectivity index (χ2v) is 10.7. The molecule has 2 aromatic rings. The molecule has 4 rings (SSSR count). The largest absolute Gasteiger partial charge is 0.481 e. The summed E-state index contributed by atoms with van der Waals surface area (Å²) in [6.07, 6.45) is -0.654. The van der Waals surface area contributed by atoms with Crippen molar-refractivity contribution in [3.05, 3.63) is 53.6 Å². The third-order valence-electron chi connectivity index (χ3n) is 6.60. The number of piperazine rings is 1. The Kier molecular flexibility index (Phi) is 7.45. The maximum atomic E-state index is 13.2. The molecule has 8 nitrogen and oxygen atoms in total. The van der Waals surface area contributed by atoms with Crippen molar-refractivity contribution >= 4 is 21.6 Å². The highest BCUT2D eigenvalue weighted by molar-refractivity contribution is 7.89. The number of amides is 1. The third kappa shape index (κ3) is 5.21. The Labute approximate surface area is 202 Å². The van der Waals surface area contributed by atoms with Crippen LogP contribution in [0.4, 0.5) is 5.69 Å². The second kappa shape index (κ2) is 10.3. The summed E-state index contributed by atoms with van der Waals surface area (Å²) in [6.45, 7) is 10.2. The van der Waals surface area contributed by atoms with Crippen LogP contribution in [0.1, 0.15) is 18.1 Å². The molecule has 1 amide bonds. The van der Waals surface area contributed by atoms with Crippen molar-refractivity contribution in [3.63, 3.8) is 0 Å². The first kappa shape index (κ1) is 24.5. The molecule has 0 bridgehead atoms. The predicted molar refractivity (Wildman–Crippen MR) is 131 cm³/mol. The van der Waals surface area contributed by atoms with E-state index in [1.807, 2.05) is 6.07 Å². The Morgan fingerprint density at radius 1 is 0.941 bits per heavy atom. The van der Waals surface area contributed by atoms with E-state index in [2.05, 4.69) is 30.9 Å². The Bertz CT molecular complexity index is 1110. The molecule has 2 heterocycles. The molecule has 2 fully saturated rings. The fourth-order valence-corrected chi connectivity index (χ4v) is 5.80. The van der Waals surface area contributed by atoms with E-state index in [0.717, 1.165) is 0 Å². The summed E-state index contributed by atoms with van der Waals surface area (Å²) in [5, 5.41) is 0. The quantitative estimate of drug-likeness (QED) is 0.623. The highest BCUT2D eigenvalue weighted by Crippen LogP contribution is 2.26. The minimum absolute atomic E-state index is 0.0956. The first-order chi connectivity index (χ1) is 16.3. The van der Waals surface area contributed by atoms with Gasteiger partial charge in [-0.2, -0.15) is 4.31 Å². The molecule has 1 atom stereocenters. The number of ether oxygens (including phenoxy) is 2. The zero-order valence-electron chi connectivity index (χ0n) is 20.1. The van der Waals surface area contributed by atoms with Gasteiger partial charge in [-0.15, -0.1) is 0 Å². The lowest BCUT2D eigenvalue weighted by Gasteiger charge is -2.36. The van der Waals surface area contributed by atoms with Gasteiger partial charge in [-0.3, -0.25) is 4.79 Å². The van der Waals surface area contributed by atoms with Crippen molar-refractivity contribution in [3.8, 4) is 5.75 Å². The second-order valence-electron chi connectivity index (χ2n) is 8.78. The molecule has 2 aliphatic rings. The number of carbonyl (C=O) groups is 1. The lowest BCUT2D eigenvalue weighted by atomic mass is 10.1. The number of sulfonamides is 1. The average Bonchev–Trinajstić information content (AvgIpc) is 2.86. The zero-order chi connectivity index (χ0) is 24.3. The number of anilines is 1. The van der Waals surface area contributed by atoms with E-state index in [-0.39, 0.29) is 10.8 Å². The van der Waals surface area contributed by atoms with Crippen LogP contribution in [-0.2, 0) is 19.6 Å². The van der Waals surface area contributed by atoms with Gasteiger partial charge < -0.3 is 19.3 Å². The van der Waals surface area contributed by atoms with Crippen LogP contribution in [-0.4, -0.2) is 82.1 Å². The van der Waals surface area contributed by atoms with Gasteiger partial charge in [0.15, 0.2) is 6.10 Å². The fourth-order valence-electron chi connectivity index (χ4n) is 4.38.